The second-order valence-electron chi connectivity index (χ2n) is 14.3. The zero-order chi connectivity index (χ0) is 37.5. The molecule has 0 atom stereocenters. The summed E-state index contributed by atoms with van der Waals surface area (Å²) in [5.74, 6) is 1.74. The lowest BCUT2D eigenvalue weighted by molar-refractivity contribution is 0.668. The fourth-order valence-corrected chi connectivity index (χ4v) is 8.28. The maximum atomic E-state index is 6.98. The summed E-state index contributed by atoms with van der Waals surface area (Å²) in [4.78, 5) is 15.0. The molecule has 0 aliphatic heterocycles. The Bertz CT molecular complexity index is 3470. The summed E-state index contributed by atoms with van der Waals surface area (Å²) in [6, 6.07) is 59.8. The van der Waals surface area contributed by atoms with Crippen LogP contribution in [0.3, 0.4) is 0 Å². The molecule has 0 spiro atoms. The van der Waals surface area contributed by atoms with Gasteiger partial charge in [-0.1, -0.05) is 133 Å². The first kappa shape index (κ1) is 31.5. The lowest BCUT2D eigenvalue weighted by atomic mass is 9.93. The molecule has 0 radical (unpaired) electrons. The Hall–Kier alpha value is -7.83. The normalized spacial score (nSPS) is 11.9. The summed E-state index contributed by atoms with van der Waals surface area (Å²) < 4.78 is 19.9. The lowest BCUT2D eigenvalue weighted by Gasteiger charge is -2.09. The predicted molar refractivity (Wildman–Crippen MR) is 229 cm³/mol. The van der Waals surface area contributed by atoms with Gasteiger partial charge in [0.15, 0.2) is 17.5 Å². The van der Waals surface area contributed by atoms with Crippen molar-refractivity contribution in [2.24, 2.45) is 0 Å². The van der Waals surface area contributed by atoms with Gasteiger partial charge >= 0.3 is 0 Å². The predicted octanol–water partition coefficient (Wildman–Crippen LogP) is 13.9. The van der Waals surface area contributed by atoms with E-state index in [0.29, 0.717) is 23.1 Å². The topological polar surface area (TPSA) is 78.1 Å². The van der Waals surface area contributed by atoms with Crippen molar-refractivity contribution in [1.29, 1.82) is 0 Å². The van der Waals surface area contributed by atoms with Crippen LogP contribution in [-0.2, 0) is 0 Å². The van der Waals surface area contributed by atoms with Gasteiger partial charge in [0.25, 0.3) is 0 Å². The zero-order valence-electron chi connectivity index (χ0n) is 30.3. The number of furan rings is 3. The van der Waals surface area contributed by atoms with Crippen LogP contribution in [0.1, 0.15) is 0 Å². The molecule has 12 rings (SSSR count). The minimum Gasteiger partial charge on any atom is -0.456 e. The number of rotatable bonds is 5. The highest BCUT2D eigenvalue weighted by Gasteiger charge is 2.22. The molecular formula is C51H29N3O3. The minimum atomic E-state index is 0.542. The van der Waals surface area contributed by atoms with Crippen LogP contribution in [0.5, 0.6) is 0 Å². The lowest BCUT2D eigenvalue weighted by Crippen LogP contribution is -2.00. The van der Waals surface area contributed by atoms with E-state index >= 15 is 0 Å². The Labute approximate surface area is 325 Å². The van der Waals surface area contributed by atoms with Gasteiger partial charge in [0.1, 0.15) is 33.5 Å². The van der Waals surface area contributed by atoms with Crippen molar-refractivity contribution < 1.29 is 13.3 Å². The molecule has 6 heteroatoms. The fourth-order valence-electron chi connectivity index (χ4n) is 8.28. The third-order valence-electron chi connectivity index (χ3n) is 10.9. The average molecular weight is 732 g/mol. The summed E-state index contributed by atoms with van der Waals surface area (Å²) in [6.07, 6.45) is 0. The number of benzene rings is 8. The SMILES string of the molecule is c1ccc(-c2nc(-c3ccccc3)nc(-c3cccc4c3oc3c(-c5cc(-c6ccc7c(c6)oc6ccccc67)c6c(c5)oc5ccccc56)cccc34)n2)cc1. The molecule has 8 aromatic carbocycles. The van der Waals surface area contributed by atoms with Crippen molar-refractivity contribution in [3.63, 3.8) is 0 Å². The fraction of sp³-hybridized carbons (Fsp3) is 0. The molecular weight excluding hydrogens is 703 g/mol. The number of hydrogen-bond acceptors (Lipinski definition) is 6. The highest BCUT2D eigenvalue weighted by molar-refractivity contribution is 6.17. The van der Waals surface area contributed by atoms with Gasteiger partial charge in [0, 0.05) is 49.0 Å². The molecule has 0 unspecified atom stereocenters. The van der Waals surface area contributed by atoms with Gasteiger partial charge < -0.3 is 13.3 Å². The van der Waals surface area contributed by atoms with E-state index in [1.807, 2.05) is 103 Å². The summed E-state index contributed by atoms with van der Waals surface area (Å²) in [5, 5.41) is 6.29. The third kappa shape index (κ3) is 5.01. The first-order valence-electron chi connectivity index (χ1n) is 18.9. The van der Waals surface area contributed by atoms with Crippen LogP contribution in [0.4, 0.5) is 0 Å². The molecule has 0 saturated heterocycles. The minimum absolute atomic E-state index is 0.542. The summed E-state index contributed by atoms with van der Waals surface area (Å²) in [7, 11) is 0. The standard InChI is InChI=1S/C51H29N3O3/c1-3-13-30(14-4-1)49-52-50(31-15-5-2-6-16-31)54-51(53-49)40-22-12-21-38-37-20-11-19-34(47(37)57-48(38)40)33-27-41(46-39-18-8-10-24-43(39)56-45(46)29-33)32-25-26-36-35-17-7-9-23-42(35)55-44(36)28-32/h1-29H. The van der Waals surface area contributed by atoms with Crippen LogP contribution in [0.25, 0.3) is 122 Å². The van der Waals surface area contributed by atoms with E-state index in [0.717, 1.165) is 99.2 Å². The van der Waals surface area contributed by atoms with Crippen LogP contribution in [0, 0.1) is 0 Å². The first-order valence-corrected chi connectivity index (χ1v) is 18.9. The highest BCUT2D eigenvalue weighted by atomic mass is 16.3. The Kier molecular flexibility index (Phi) is 6.83. The number of fused-ring (bicyclic) bond motifs is 9. The zero-order valence-corrected chi connectivity index (χ0v) is 30.3. The van der Waals surface area contributed by atoms with Gasteiger partial charge in [-0.15, -0.1) is 0 Å². The van der Waals surface area contributed by atoms with E-state index in [-0.39, 0.29) is 0 Å². The Morgan fingerprint density at radius 2 is 0.807 bits per heavy atom. The first-order chi connectivity index (χ1) is 28.2. The van der Waals surface area contributed by atoms with Crippen LogP contribution in [0.15, 0.2) is 189 Å². The maximum absolute atomic E-state index is 6.98. The Morgan fingerprint density at radius 1 is 0.281 bits per heavy atom. The number of aromatic nitrogens is 3. The van der Waals surface area contributed by atoms with Gasteiger partial charge in [-0.3, -0.25) is 0 Å². The number of nitrogens with zero attached hydrogens (tertiary/aromatic N) is 3. The second kappa shape index (κ2) is 12.3. The number of para-hydroxylation sites is 4. The Morgan fingerprint density at radius 3 is 1.53 bits per heavy atom. The van der Waals surface area contributed by atoms with E-state index < -0.39 is 0 Å². The average Bonchev–Trinajstić information content (AvgIpc) is 3.97. The van der Waals surface area contributed by atoms with Crippen molar-refractivity contribution in [2.75, 3.05) is 0 Å². The van der Waals surface area contributed by atoms with Crippen LogP contribution >= 0.6 is 0 Å². The smallest absolute Gasteiger partial charge is 0.167 e. The summed E-state index contributed by atoms with van der Waals surface area (Å²) in [5.41, 5.74) is 11.5. The van der Waals surface area contributed by atoms with Gasteiger partial charge in [-0.2, -0.15) is 0 Å². The van der Waals surface area contributed by atoms with Crippen molar-refractivity contribution in [3.8, 4) is 56.4 Å². The Balaban J connectivity index is 1.07. The molecule has 0 aliphatic carbocycles. The molecule has 0 amide bonds. The molecule has 0 bridgehead atoms. The van der Waals surface area contributed by atoms with E-state index in [1.165, 1.54) is 0 Å². The molecule has 12 aromatic rings. The molecule has 0 N–H and O–H groups in total. The van der Waals surface area contributed by atoms with E-state index in [1.54, 1.807) is 0 Å². The van der Waals surface area contributed by atoms with Crippen LogP contribution in [-0.4, -0.2) is 15.0 Å². The molecule has 0 fully saturated rings. The van der Waals surface area contributed by atoms with Crippen molar-refractivity contribution in [1.82, 2.24) is 15.0 Å². The maximum Gasteiger partial charge on any atom is 0.167 e. The largest absolute Gasteiger partial charge is 0.456 e. The molecule has 0 saturated carbocycles. The van der Waals surface area contributed by atoms with Gasteiger partial charge in [-0.25, -0.2) is 15.0 Å². The van der Waals surface area contributed by atoms with Gasteiger partial charge in [0.05, 0.1) is 5.56 Å². The van der Waals surface area contributed by atoms with E-state index in [9.17, 15) is 0 Å². The van der Waals surface area contributed by atoms with E-state index in [4.69, 9.17) is 28.2 Å². The molecule has 266 valence electrons. The van der Waals surface area contributed by atoms with Crippen molar-refractivity contribution in [2.45, 2.75) is 0 Å². The van der Waals surface area contributed by atoms with Gasteiger partial charge in [-0.05, 0) is 59.2 Å². The molecule has 57 heavy (non-hydrogen) atoms. The third-order valence-corrected chi connectivity index (χ3v) is 10.9. The van der Waals surface area contributed by atoms with Crippen LogP contribution in [0.2, 0.25) is 0 Å². The highest BCUT2D eigenvalue weighted by Crippen LogP contribution is 2.45. The number of hydrogen-bond donors (Lipinski definition) is 0. The van der Waals surface area contributed by atoms with Crippen molar-refractivity contribution in [3.05, 3.63) is 176 Å². The monoisotopic (exact) mass is 731 g/mol. The van der Waals surface area contributed by atoms with Gasteiger partial charge in [0.2, 0.25) is 0 Å². The molecule has 4 aromatic heterocycles. The molecule has 0 aliphatic rings. The molecule has 4 heterocycles. The quantitative estimate of drug-likeness (QED) is 0.175. The van der Waals surface area contributed by atoms with Crippen molar-refractivity contribution >= 4 is 65.8 Å². The van der Waals surface area contributed by atoms with E-state index in [2.05, 4.69) is 72.8 Å². The molecule has 6 nitrogen and oxygen atoms in total. The van der Waals surface area contributed by atoms with Crippen LogP contribution < -0.4 is 0 Å². The summed E-state index contributed by atoms with van der Waals surface area (Å²) in [6.45, 7) is 0. The summed E-state index contributed by atoms with van der Waals surface area (Å²) >= 11 is 0. The second-order valence-corrected chi connectivity index (χ2v) is 14.3.